The number of ether oxygens (including phenoxy) is 1. The predicted molar refractivity (Wildman–Crippen MR) is 67.8 cm³/mol. The van der Waals surface area contributed by atoms with Crippen LogP contribution in [0.15, 0.2) is 22.7 Å². The first kappa shape index (κ1) is 11.5. The van der Waals surface area contributed by atoms with Gasteiger partial charge in [-0.2, -0.15) is 0 Å². The van der Waals surface area contributed by atoms with Gasteiger partial charge in [-0.25, -0.2) is 4.98 Å². The van der Waals surface area contributed by atoms with Crippen LogP contribution < -0.4 is 0 Å². The number of hydrogen-bond acceptors (Lipinski definition) is 4. The van der Waals surface area contributed by atoms with E-state index in [1.54, 1.807) is 6.92 Å². The number of thiazole rings is 1. The number of nitrogens with zero attached hydrogens (tertiary/aromatic N) is 1. The highest BCUT2D eigenvalue weighted by Gasteiger charge is 2.19. The molecule has 0 aliphatic carbocycles. The molecule has 0 aliphatic heterocycles. The lowest BCUT2D eigenvalue weighted by atomic mass is 10.2. The Balaban J connectivity index is 2.43. The van der Waals surface area contributed by atoms with Crippen LogP contribution in [0.1, 0.15) is 17.8 Å². The van der Waals surface area contributed by atoms with E-state index in [0.717, 1.165) is 19.7 Å². The normalized spacial score (nSPS) is 12.7. The van der Waals surface area contributed by atoms with Crippen LogP contribution in [0.5, 0.6) is 0 Å². The van der Waals surface area contributed by atoms with Gasteiger partial charge in [0.25, 0.3) is 0 Å². The zero-order chi connectivity index (χ0) is 11.7. The third-order valence-corrected chi connectivity index (χ3v) is 3.99. The first-order valence-corrected chi connectivity index (χ1v) is 6.36. The van der Waals surface area contributed by atoms with Gasteiger partial charge < -0.3 is 4.74 Å². The minimum atomic E-state index is -0.304. The van der Waals surface area contributed by atoms with Crippen LogP contribution in [0, 0.1) is 0 Å². The third kappa shape index (κ3) is 2.10. The molecule has 1 aromatic heterocycles. The summed E-state index contributed by atoms with van der Waals surface area (Å²) < 4.78 is 6.79. The number of hydrogen-bond donors (Lipinski definition) is 0. The lowest BCUT2D eigenvalue weighted by Crippen LogP contribution is -2.10. The summed E-state index contributed by atoms with van der Waals surface area (Å²) in [6.07, 6.45) is 0. The Morgan fingerprint density at radius 3 is 3.00 bits per heavy atom. The summed E-state index contributed by atoms with van der Waals surface area (Å²) in [5, 5.41) is 0.792. The predicted octanol–water partition coefficient (Wildman–Crippen LogP) is 3.34. The fourth-order valence-electron chi connectivity index (χ4n) is 1.38. The number of benzene rings is 1. The number of rotatable bonds is 2. The average Bonchev–Trinajstić information content (AvgIpc) is 2.69. The van der Waals surface area contributed by atoms with E-state index < -0.39 is 0 Å². The summed E-state index contributed by atoms with van der Waals surface area (Å²) >= 11 is 4.93. The molecule has 2 aromatic rings. The molecule has 0 spiro atoms. The van der Waals surface area contributed by atoms with Crippen molar-refractivity contribution in [2.24, 2.45) is 0 Å². The molecule has 2 rings (SSSR count). The summed E-state index contributed by atoms with van der Waals surface area (Å²) in [6.45, 7) is 1.80. The van der Waals surface area contributed by atoms with E-state index in [9.17, 15) is 4.79 Å². The van der Waals surface area contributed by atoms with E-state index in [4.69, 9.17) is 4.74 Å². The monoisotopic (exact) mass is 299 g/mol. The summed E-state index contributed by atoms with van der Waals surface area (Å²) in [5.74, 6) is -0.556. The molecule has 3 nitrogen and oxygen atoms in total. The fourth-order valence-corrected chi connectivity index (χ4v) is 2.94. The maximum Gasteiger partial charge on any atom is 0.315 e. The summed E-state index contributed by atoms with van der Waals surface area (Å²) in [6, 6.07) is 5.87. The van der Waals surface area contributed by atoms with Gasteiger partial charge in [0, 0.05) is 4.47 Å². The van der Waals surface area contributed by atoms with Gasteiger partial charge in [-0.05, 0) is 25.1 Å². The van der Waals surface area contributed by atoms with E-state index in [1.807, 2.05) is 18.2 Å². The Labute approximate surface area is 106 Å². The average molecular weight is 300 g/mol. The molecule has 0 saturated heterocycles. The number of methoxy groups -OCH3 is 1. The molecule has 0 fully saturated rings. The Bertz CT molecular complexity index is 538. The van der Waals surface area contributed by atoms with Crippen LogP contribution in [0.4, 0.5) is 0 Å². The van der Waals surface area contributed by atoms with Crippen molar-refractivity contribution in [2.45, 2.75) is 12.8 Å². The van der Waals surface area contributed by atoms with Crippen molar-refractivity contribution >= 4 is 43.5 Å². The molecule has 0 aliphatic rings. The second-order valence-electron chi connectivity index (χ2n) is 3.41. The van der Waals surface area contributed by atoms with Gasteiger partial charge >= 0.3 is 5.97 Å². The molecule has 1 atom stereocenters. The molecule has 16 heavy (non-hydrogen) atoms. The first-order chi connectivity index (χ1) is 7.61. The second kappa shape index (κ2) is 4.51. The van der Waals surface area contributed by atoms with Crippen molar-refractivity contribution in [3.63, 3.8) is 0 Å². The van der Waals surface area contributed by atoms with Crippen LogP contribution in [0.2, 0.25) is 0 Å². The Hall–Kier alpha value is -0.940. The largest absolute Gasteiger partial charge is 0.468 e. The molecule has 1 heterocycles. The number of halogens is 1. The van der Waals surface area contributed by atoms with Gasteiger partial charge in [-0.15, -0.1) is 11.3 Å². The third-order valence-electron chi connectivity index (χ3n) is 2.29. The molecule has 0 radical (unpaired) electrons. The molecular formula is C11H10BrNO2S. The zero-order valence-electron chi connectivity index (χ0n) is 8.86. The lowest BCUT2D eigenvalue weighted by molar-refractivity contribution is -0.141. The molecule has 0 amide bonds. The van der Waals surface area contributed by atoms with Gasteiger partial charge in [0.1, 0.15) is 10.9 Å². The summed E-state index contributed by atoms with van der Waals surface area (Å²) in [5.41, 5.74) is 0.916. The maximum atomic E-state index is 11.4. The smallest absolute Gasteiger partial charge is 0.315 e. The summed E-state index contributed by atoms with van der Waals surface area (Å²) in [4.78, 5) is 15.8. The van der Waals surface area contributed by atoms with Crippen LogP contribution in [-0.4, -0.2) is 18.1 Å². The van der Waals surface area contributed by atoms with E-state index in [0.29, 0.717) is 0 Å². The number of aromatic nitrogens is 1. The number of fused-ring (bicyclic) bond motifs is 1. The van der Waals surface area contributed by atoms with E-state index >= 15 is 0 Å². The van der Waals surface area contributed by atoms with Crippen LogP contribution in [0.3, 0.4) is 0 Å². The highest BCUT2D eigenvalue weighted by atomic mass is 79.9. The SMILES string of the molecule is COC(=O)C(C)c1nc2ccc(Br)cc2s1. The second-order valence-corrected chi connectivity index (χ2v) is 5.39. The van der Waals surface area contributed by atoms with Gasteiger partial charge in [-0.3, -0.25) is 4.79 Å². The molecular weight excluding hydrogens is 290 g/mol. The van der Waals surface area contributed by atoms with Crippen LogP contribution in [0.25, 0.3) is 10.2 Å². The van der Waals surface area contributed by atoms with E-state index in [-0.39, 0.29) is 11.9 Å². The van der Waals surface area contributed by atoms with Crippen LogP contribution >= 0.6 is 27.3 Å². The maximum absolute atomic E-state index is 11.4. The molecule has 84 valence electrons. The first-order valence-electron chi connectivity index (χ1n) is 4.75. The van der Waals surface area contributed by atoms with Crippen molar-refractivity contribution in [3.05, 3.63) is 27.7 Å². The highest BCUT2D eigenvalue weighted by Crippen LogP contribution is 2.29. The number of carbonyl (C=O) groups is 1. The molecule has 0 bridgehead atoms. The number of carbonyl (C=O) groups excluding carboxylic acids is 1. The Kier molecular flexibility index (Phi) is 3.25. The highest BCUT2D eigenvalue weighted by molar-refractivity contribution is 9.10. The molecule has 0 saturated carbocycles. The molecule has 5 heteroatoms. The van der Waals surface area contributed by atoms with Gasteiger partial charge in [0.15, 0.2) is 0 Å². The Morgan fingerprint density at radius 1 is 1.56 bits per heavy atom. The quantitative estimate of drug-likeness (QED) is 0.799. The van der Waals surface area contributed by atoms with Crippen molar-refractivity contribution in [2.75, 3.05) is 7.11 Å². The van der Waals surface area contributed by atoms with Crippen LogP contribution in [-0.2, 0) is 9.53 Å². The minimum Gasteiger partial charge on any atom is -0.468 e. The van der Waals surface area contributed by atoms with Gasteiger partial charge in [-0.1, -0.05) is 15.9 Å². The van der Waals surface area contributed by atoms with Gasteiger partial charge in [0.2, 0.25) is 0 Å². The van der Waals surface area contributed by atoms with Crippen molar-refractivity contribution in [1.29, 1.82) is 0 Å². The van der Waals surface area contributed by atoms with Crippen molar-refractivity contribution in [1.82, 2.24) is 4.98 Å². The Morgan fingerprint density at radius 2 is 2.31 bits per heavy atom. The standard InChI is InChI=1S/C11H10BrNO2S/c1-6(11(14)15-2)10-13-8-4-3-7(12)5-9(8)16-10/h3-6H,1-2H3. The van der Waals surface area contributed by atoms with E-state index in [2.05, 4.69) is 20.9 Å². The molecule has 1 aromatic carbocycles. The summed E-state index contributed by atoms with van der Waals surface area (Å²) in [7, 11) is 1.39. The van der Waals surface area contributed by atoms with E-state index in [1.165, 1.54) is 18.4 Å². The zero-order valence-corrected chi connectivity index (χ0v) is 11.3. The fraction of sp³-hybridized carbons (Fsp3) is 0.273. The topological polar surface area (TPSA) is 39.2 Å². The van der Waals surface area contributed by atoms with Crippen molar-refractivity contribution in [3.8, 4) is 0 Å². The van der Waals surface area contributed by atoms with Gasteiger partial charge in [0.05, 0.1) is 17.3 Å². The number of esters is 1. The molecule has 0 N–H and O–H groups in total. The minimum absolute atomic E-state index is 0.252. The molecule has 1 unspecified atom stereocenters. The lowest BCUT2D eigenvalue weighted by Gasteiger charge is -2.03. The van der Waals surface area contributed by atoms with Crippen molar-refractivity contribution < 1.29 is 9.53 Å².